The summed E-state index contributed by atoms with van der Waals surface area (Å²) in [5.41, 5.74) is 1.07. The van der Waals surface area contributed by atoms with Crippen molar-refractivity contribution < 1.29 is 14.3 Å². The van der Waals surface area contributed by atoms with Crippen molar-refractivity contribution in [2.24, 2.45) is 5.92 Å². The number of hydrogen-bond donors (Lipinski definition) is 2. The first-order valence-electron chi connectivity index (χ1n) is 7.38. The molecule has 0 bridgehead atoms. The van der Waals surface area contributed by atoms with E-state index in [2.05, 4.69) is 21.4 Å². The summed E-state index contributed by atoms with van der Waals surface area (Å²) in [5.74, 6) is -0.735. The van der Waals surface area contributed by atoms with E-state index in [1.165, 1.54) is 7.11 Å². The van der Waals surface area contributed by atoms with Crippen LogP contribution in [0.5, 0.6) is 0 Å². The van der Waals surface area contributed by atoms with Gasteiger partial charge in [0.2, 0.25) is 5.91 Å². The molecule has 0 saturated heterocycles. The van der Waals surface area contributed by atoms with E-state index in [0.717, 1.165) is 5.56 Å². The summed E-state index contributed by atoms with van der Waals surface area (Å²) >= 11 is 0. The van der Waals surface area contributed by atoms with E-state index in [4.69, 9.17) is 0 Å². The van der Waals surface area contributed by atoms with Gasteiger partial charge in [-0.3, -0.25) is 4.79 Å². The maximum Gasteiger partial charge on any atom is 0.337 e. The Labute approximate surface area is 136 Å². The highest BCUT2D eigenvalue weighted by atomic mass is 16.5. The average Bonchev–Trinajstić information content (AvgIpc) is 2.52. The number of nitriles is 1. The van der Waals surface area contributed by atoms with Gasteiger partial charge in [-0.05, 0) is 37.5 Å². The Morgan fingerprint density at radius 2 is 2.04 bits per heavy atom. The van der Waals surface area contributed by atoms with Crippen molar-refractivity contribution in [2.45, 2.75) is 33.2 Å². The maximum atomic E-state index is 12.1. The first-order chi connectivity index (χ1) is 10.7. The van der Waals surface area contributed by atoms with Crippen LogP contribution in [0.25, 0.3) is 0 Å². The smallest absolute Gasteiger partial charge is 0.337 e. The fourth-order valence-electron chi connectivity index (χ4n) is 1.87. The third-order valence-electron chi connectivity index (χ3n) is 3.88. The van der Waals surface area contributed by atoms with E-state index < -0.39 is 11.5 Å². The molecular formula is C17H23N3O3. The number of esters is 1. The molecule has 1 atom stereocenters. The number of nitrogens with zero attached hydrogens (tertiary/aromatic N) is 1. The number of benzene rings is 1. The molecule has 0 radical (unpaired) electrons. The summed E-state index contributed by atoms with van der Waals surface area (Å²) in [6, 6.07) is 7.21. The SMILES string of the molecule is COC(=O)c1ccc(C)c(NCC(=O)NC(C)(C#N)C(C)C)c1. The lowest BCUT2D eigenvalue weighted by atomic mass is 9.90. The molecule has 0 heterocycles. The number of aryl methyl sites for hydroxylation is 1. The highest BCUT2D eigenvalue weighted by Crippen LogP contribution is 2.18. The van der Waals surface area contributed by atoms with Crippen molar-refractivity contribution in [3.05, 3.63) is 29.3 Å². The Kier molecular flexibility index (Phi) is 6.14. The minimum absolute atomic E-state index is 0.00938. The minimum Gasteiger partial charge on any atom is -0.465 e. The third-order valence-corrected chi connectivity index (χ3v) is 3.88. The zero-order valence-electron chi connectivity index (χ0n) is 14.2. The molecule has 6 heteroatoms. The highest BCUT2D eigenvalue weighted by Gasteiger charge is 2.29. The van der Waals surface area contributed by atoms with Crippen LogP contribution >= 0.6 is 0 Å². The second-order valence-electron chi connectivity index (χ2n) is 5.89. The molecule has 0 fully saturated rings. The van der Waals surface area contributed by atoms with Gasteiger partial charge in [-0.2, -0.15) is 5.26 Å². The zero-order valence-corrected chi connectivity index (χ0v) is 14.2. The number of methoxy groups -OCH3 is 1. The van der Waals surface area contributed by atoms with Gasteiger partial charge in [-0.25, -0.2) is 4.79 Å². The van der Waals surface area contributed by atoms with Gasteiger partial charge in [-0.15, -0.1) is 0 Å². The molecule has 124 valence electrons. The highest BCUT2D eigenvalue weighted by molar-refractivity contribution is 5.91. The van der Waals surface area contributed by atoms with Crippen LogP contribution < -0.4 is 10.6 Å². The van der Waals surface area contributed by atoms with E-state index in [-0.39, 0.29) is 18.4 Å². The summed E-state index contributed by atoms with van der Waals surface area (Å²) in [7, 11) is 1.32. The van der Waals surface area contributed by atoms with Gasteiger partial charge >= 0.3 is 5.97 Å². The van der Waals surface area contributed by atoms with Crippen molar-refractivity contribution in [3.63, 3.8) is 0 Å². The summed E-state index contributed by atoms with van der Waals surface area (Å²) in [6.07, 6.45) is 0. The summed E-state index contributed by atoms with van der Waals surface area (Å²) < 4.78 is 4.68. The molecule has 23 heavy (non-hydrogen) atoms. The van der Waals surface area contributed by atoms with Gasteiger partial charge in [-0.1, -0.05) is 19.9 Å². The van der Waals surface area contributed by atoms with Crippen LogP contribution in [-0.2, 0) is 9.53 Å². The molecule has 0 aromatic heterocycles. The summed E-state index contributed by atoms with van der Waals surface area (Å²) in [5, 5.41) is 14.9. The molecule has 1 aromatic carbocycles. The van der Waals surface area contributed by atoms with Crippen molar-refractivity contribution >= 4 is 17.6 Å². The molecule has 1 amide bonds. The monoisotopic (exact) mass is 317 g/mol. The fourth-order valence-corrected chi connectivity index (χ4v) is 1.87. The van der Waals surface area contributed by atoms with Gasteiger partial charge in [0.05, 0.1) is 25.3 Å². The number of hydrogen-bond acceptors (Lipinski definition) is 5. The van der Waals surface area contributed by atoms with Crippen molar-refractivity contribution in [1.29, 1.82) is 5.26 Å². The Hall–Kier alpha value is -2.55. The van der Waals surface area contributed by atoms with Crippen molar-refractivity contribution in [2.75, 3.05) is 19.0 Å². The molecule has 0 saturated carbocycles. The molecule has 1 aromatic rings. The zero-order chi connectivity index (χ0) is 17.6. The second kappa shape index (κ2) is 7.63. The third kappa shape index (κ3) is 4.71. The van der Waals surface area contributed by atoms with Gasteiger partial charge in [0.15, 0.2) is 0 Å². The molecule has 1 unspecified atom stereocenters. The lowest BCUT2D eigenvalue weighted by Gasteiger charge is -2.27. The number of ether oxygens (including phenoxy) is 1. The van der Waals surface area contributed by atoms with E-state index in [1.807, 2.05) is 20.8 Å². The Bertz CT molecular complexity index is 634. The number of carbonyl (C=O) groups excluding carboxylic acids is 2. The first-order valence-corrected chi connectivity index (χ1v) is 7.38. The van der Waals surface area contributed by atoms with Crippen LogP contribution in [-0.4, -0.2) is 31.1 Å². The van der Waals surface area contributed by atoms with Gasteiger partial charge in [0.1, 0.15) is 5.54 Å². The number of anilines is 1. The molecule has 0 aliphatic carbocycles. The van der Waals surface area contributed by atoms with E-state index in [1.54, 1.807) is 25.1 Å². The largest absolute Gasteiger partial charge is 0.465 e. The average molecular weight is 317 g/mol. The maximum absolute atomic E-state index is 12.1. The summed E-state index contributed by atoms with van der Waals surface area (Å²) in [4.78, 5) is 23.6. The fraction of sp³-hybridized carbons (Fsp3) is 0.471. The van der Waals surface area contributed by atoms with Crippen LogP contribution in [0.1, 0.15) is 36.7 Å². The van der Waals surface area contributed by atoms with Crippen molar-refractivity contribution in [3.8, 4) is 6.07 Å². The van der Waals surface area contributed by atoms with Crippen LogP contribution in [0.3, 0.4) is 0 Å². The Morgan fingerprint density at radius 3 is 2.57 bits per heavy atom. The molecule has 6 nitrogen and oxygen atoms in total. The van der Waals surface area contributed by atoms with E-state index >= 15 is 0 Å². The van der Waals surface area contributed by atoms with Crippen molar-refractivity contribution in [1.82, 2.24) is 5.32 Å². The van der Waals surface area contributed by atoms with Crippen LogP contribution in [0.2, 0.25) is 0 Å². The Balaban J connectivity index is 2.77. The lowest BCUT2D eigenvalue weighted by Crippen LogP contribution is -2.50. The molecule has 2 N–H and O–H groups in total. The second-order valence-corrected chi connectivity index (χ2v) is 5.89. The van der Waals surface area contributed by atoms with E-state index in [0.29, 0.717) is 11.3 Å². The molecule has 0 aliphatic heterocycles. The number of amides is 1. The normalized spacial score (nSPS) is 12.9. The quantitative estimate of drug-likeness (QED) is 0.785. The molecule has 0 aliphatic rings. The topological polar surface area (TPSA) is 91.2 Å². The minimum atomic E-state index is -0.915. The first kappa shape index (κ1) is 18.5. The predicted molar refractivity (Wildman–Crippen MR) is 88.0 cm³/mol. The Morgan fingerprint density at radius 1 is 1.39 bits per heavy atom. The number of carbonyl (C=O) groups is 2. The lowest BCUT2D eigenvalue weighted by molar-refractivity contribution is -0.121. The van der Waals surface area contributed by atoms with Crippen LogP contribution in [0, 0.1) is 24.2 Å². The predicted octanol–water partition coefficient (Wildman–Crippen LogP) is 2.25. The van der Waals surface area contributed by atoms with Crippen LogP contribution in [0.4, 0.5) is 5.69 Å². The molecule has 0 spiro atoms. The number of rotatable bonds is 6. The number of nitrogens with one attached hydrogen (secondary N) is 2. The van der Waals surface area contributed by atoms with Gasteiger partial charge in [0, 0.05) is 5.69 Å². The van der Waals surface area contributed by atoms with Gasteiger partial charge < -0.3 is 15.4 Å². The molecular weight excluding hydrogens is 294 g/mol. The molecule has 1 rings (SSSR count). The standard InChI is InChI=1S/C17H23N3O3/c1-11(2)17(4,10-18)20-15(21)9-19-14-8-13(16(22)23-5)7-6-12(14)3/h6-8,11,19H,9H2,1-5H3,(H,20,21). The van der Waals surface area contributed by atoms with Gasteiger partial charge in [0.25, 0.3) is 0 Å². The summed E-state index contributed by atoms with van der Waals surface area (Å²) in [6.45, 7) is 7.32. The van der Waals surface area contributed by atoms with Crippen LogP contribution in [0.15, 0.2) is 18.2 Å². The van der Waals surface area contributed by atoms with E-state index in [9.17, 15) is 14.9 Å².